The predicted molar refractivity (Wildman–Crippen MR) is 42.1 cm³/mol. The van der Waals surface area contributed by atoms with E-state index in [1.807, 2.05) is 19.2 Å². The van der Waals surface area contributed by atoms with Crippen molar-refractivity contribution in [1.29, 1.82) is 0 Å². The Kier molecular flexibility index (Phi) is 2.51. The first-order chi connectivity index (χ1) is 4.33. The zero-order valence-corrected chi connectivity index (χ0v) is 6.72. The van der Waals surface area contributed by atoms with Crippen molar-refractivity contribution < 1.29 is 0 Å². The van der Waals surface area contributed by atoms with Gasteiger partial charge in [-0.05, 0) is 19.2 Å². The smallest absolute Gasteiger partial charge is 0.0931 e. The molecule has 1 nitrogen and oxygen atoms in total. The highest BCUT2D eigenvalue weighted by atomic mass is 35.5. The highest BCUT2D eigenvalue weighted by Gasteiger charge is 1.93. The molecule has 0 spiro atoms. The molecule has 1 N–H and O–H groups in total. The fraction of sp³-hybridized carbons (Fsp3) is 0.333. The molecule has 0 saturated carbocycles. The molecule has 0 bridgehead atoms. The molecule has 0 radical (unpaired) electrons. The van der Waals surface area contributed by atoms with E-state index < -0.39 is 0 Å². The van der Waals surface area contributed by atoms with E-state index >= 15 is 0 Å². The van der Waals surface area contributed by atoms with Gasteiger partial charge in [-0.3, -0.25) is 0 Å². The van der Waals surface area contributed by atoms with Crippen molar-refractivity contribution in [3.05, 3.63) is 21.3 Å². The third-order valence-electron chi connectivity index (χ3n) is 0.980. The van der Waals surface area contributed by atoms with E-state index in [2.05, 4.69) is 5.32 Å². The molecule has 1 aromatic heterocycles. The Balaban J connectivity index is 2.61. The Hall–Kier alpha value is -0.0500. The van der Waals surface area contributed by atoms with Gasteiger partial charge in [0.05, 0.1) is 4.34 Å². The van der Waals surface area contributed by atoms with Gasteiger partial charge in [0.15, 0.2) is 0 Å². The van der Waals surface area contributed by atoms with Gasteiger partial charge in [-0.2, -0.15) is 0 Å². The molecule has 1 rings (SSSR count). The number of hydrogen-bond donors (Lipinski definition) is 1. The van der Waals surface area contributed by atoms with Gasteiger partial charge in [-0.25, -0.2) is 0 Å². The summed E-state index contributed by atoms with van der Waals surface area (Å²) in [7, 11) is 1.92. The van der Waals surface area contributed by atoms with Gasteiger partial charge in [0.25, 0.3) is 0 Å². The maximum absolute atomic E-state index is 5.69. The Morgan fingerprint density at radius 2 is 2.44 bits per heavy atom. The summed E-state index contributed by atoms with van der Waals surface area (Å²) >= 11 is 7.30. The van der Waals surface area contributed by atoms with Crippen LogP contribution in [0.3, 0.4) is 0 Å². The molecule has 9 heavy (non-hydrogen) atoms. The summed E-state index contributed by atoms with van der Waals surface area (Å²) in [5, 5.41) is 3.05. The highest BCUT2D eigenvalue weighted by Crippen LogP contribution is 2.20. The summed E-state index contributed by atoms with van der Waals surface area (Å²) in [5.74, 6) is 0. The van der Waals surface area contributed by atoms with Crippen LogP contribution in [0.2, 0.25) is 4.34 Å². The van der Waals surface area contributed by atoms with Crippen LogP contribution < -0.4 is 5.32 Å². The Bertz CT molecular complexity index is 185. The van der Waals surface area contributed by atoms with Crippen LogP contribution in [0.25, 0.3) is 0 Å². The van der Waals surface area contributed by atoms with E-state index in [0.717, 1.165) is 10.9 Å². The van der Waals surface area contributed by atoms with Gasteiger partial charge >= 0.3 is 0 Å². The maximum atomic E-state index is 5.69. The van der Waals surface area contributed by atoms with Crippen molar-refractivity contribution in [1.82, 2.24) is 5.32 Å². The molecule has 0 aliphatic rings. The molecule has 0 aliphatic carbocycles. The Morgan fingerprint density at radius 1 is 1.67 bits per heavy atom. The van der Waals surface area contributed by atoms with Crippen LogP contribution in [0.15, 0.2) is 12.1 Å². The summed E-state index contributed by atoms with van der Waals surface area (Å²) in [5.41, 5.74) is 0. The predicted octanol–water partition coefficient (Wildman–Crippen LogP) is 2.12. The second-order valence-electron chi connectivity index (χ2n) is 1.74. The van der Waals surface area contributed by atoms with E-state index in [0.29, 0.717) is 0 Å². The van der Waals surface area contributed by atoms with Gasteiger partial charge in [0.2, 0.25) is 0 Å². The molecule has 0 saturated heterocycles. The van der Waals surface area contributed by atoms with Crippen LogP contribution in [0.1, 0.15) is 4.88 Å². The minimum Gasteiger partial charge on any atom is -0.315 e. The monoisotopic (exact) mass is 161 g/mol. The molecule has 0 amide bonds. The average molecular weight is 162 g/mol. The Labute approximate surface area is 63.7 Å². The molecule has 1 heterocycles. The minimum atomic E-state index is 0.861. The normalized spacial score (nSPS) is 10.0. The number of nitrogens with one attached hydrogen (secondary N) is 1. The summed E-state index contributed by atoms with van der Waals surface area (Å²) in [6.07, 6.45) is 0. The van der Waals surface area contributed by atoms with Gasteiger partial charge in [-0.1, -0.05) is 11.6 Å². The lowest BCUT2D eigenvalue weighted by Crippen LogP contribution is -2.02. The topological polar surface area (TPSA) is 12.0 Å². The largest absolute Gasteiger partial charge is 0.315 e. The lowest BCUT2D eigenvalue weighted by molar-refractivity contribution is 0.831. The standard InChI is InChI=1S/C6H8ClNS/c1-8-4-5-2-3-6(7)9-5/h2-3,8H,4H2,1H3. The summed E-state index contributed by atoms with van der Waals surface area (Å²) < 4.78 is 0.861. The highest BCUT2D eigenvalue weighted by molar-refractivity contribution is 7.16. The first kappa shape index (κ1) is 7.06. The van der Waals surface area contributed by atoms with Crippen LogP contribution in [-0.4, -0.2) is 7.05 Å². The van der Waals surface area contributed by atoms with Crippen LogP contribution in [0.5, 0.6) is 0 Å². The van der Waals surface area contributed by atoms with Gasteiger partial charge < -0.3 is 5.32 Å². The molecule has 0 fully saturated rings. The first-order valence-electron chi connectivity index (χ1n) is 2.72. The third kappa shape index (κ3) is 1.97. The van der Waals surface area contributed by atoms with Crippen LogP contribution in [0, 0.1) is 0 Å². The minimum absolute atomic E-state index is 0.861. The Morgan fingerprint density at radius 3 is 2.89 bits per heavy atom. The maximum Gasteiger partial charge on any atom is 0.0931 e. The molecule has 0 unspecified atom stereocenters. The first-order valence-corrected chi connectivity index (χ1v) is 3.91. The quantitative estimate of drug-likeness (QED) is 0.701. The molecular weight excluding hydrogens is 154 g/mol. The molecular formula is C6H8ClNS. The lowest BCUT2D eigenvalue weighted by atomic mass is 10.5. The number of halogens is 1. The van der Waals surface area contributed by atoms with Crippen LogP contribution in [0.4, 0.5) is 0 Å². The molecule has 3 heteroatoms. The van der Waals surface area contributed by atoms with Crippen molar-refractivity contribution in [3.8, 4) is 0 Å². The van der Waals surface area contributed by atoms with Crippen molar-refractivity contribution in [2.75, 3.05) is 7.05 Å². The molecule has 0 aromatic carbocycles. The van der Waals surface area contributed by atoms with Crippen molar-refractivity contribution >= 4 is 22.9 Å². The van der Waals surface area contributed by atoms with Crippen LogP contribution >= 0.6 is 22.9 Å². The van der Waals surface area contributed by atoms with Gasteiger partial charge in [-0.15, -0.1) is 11.3 Å². The van der Waals surface area contributed by atoms with E-state index in [9.17, 15) is 0 Å². The number of thiophene rings is 1. The third-order valence-corrected chi connectivity index (χ3v) is 2.21. The molecule has 0 aliphatic heterocycles. The van der Waals surface area contributed by atoms with E-state index in [1.165, 1.54) is 4.88 Å². The van der Waals surface area contributed by atoms with Gasteiger partial charge in [0, 0.05) is 11.4 Å². The molecule has 0 atom stereocenters. The number of rotatable bonds is 2. The van der Waals surface area contributed by atoms with E-state index in [4.69, 9.17) is 11.6 Å². The zero-order chi connectivity index (χ0) is 6.69. The SMILES string of the molecule is CNCc1ccc(Cl)s1. The lowest BCUT2D eigenvalue weighted by Gasteiger charge is -1.89. The fourth-order valence-electron chi connectivity index (χ4n) is 0.621. The molecule has 1 aromatic rings. The van der Waals surface area contributed by atoms with E-state index in [-0.39, 0.29) is 0 Å². The van der Waals surface area contributed by atoms with Crippen molar-refractivity contribution in [3.63, 3.8) is 0 Å². The van der Waals surface area contributed by atoms with Crippen molar-refractivity contribution in [2.24, 2.45) is 0 Å². The second kappa shape index (κ2) is 3.20. The summed E-state index contributed by atoms with van der Waals surface area (Å²) in [6.45, 7) is 0.914. The van der Waals surface area contributed by atoms with Crippen molar-refractivity contribution in [2.45, 2.75) is 6.54 Å². The summed E-state index contributed by atoms with van der Waals surface area (Å²) in [6, 6.07) is 3.95. The molecule has 50 valence electrons. The van der Waals surface area contributed by atoms with Crippen LogP contribution in [-0.2, 0) is 6.54 Å². The second-order valence-corrected chi connectivity index (χ2v) is 3.54. The summed E-state index contributed by atoms with van der Waals surface area (Å²) in [4.78, 5) is 1.28. The van der Waals surface area contributed by atoms with Gasteiger partial charge in [0.1, 0.15) is 0 Å². The number of hydrogen-bond acceptors (Lipinski definition) is 2. The van der Waals surface area contributed by atoms with E-state index in [1.54, 1.807) is 11.3 Å². The fourth-order valence-corrected chi connectivity index (χ4v) is 1.72. The average Bonchev–Trinajstić information content (AvgIpc) is 2.17. The zero-order valence-electron chi connectivity index (χ0n) is 5.15.